The molecule has 0 fully saturated rings. The average molecular weight is 451 g/mol. The zero-order valence-corrected chi connectivity index (χ0v) is 21.8. The molecule has 0 heterocycles. The molecule has 0 amide bonds. The van der Waals surface area contributed by atoms with Gasteiger partial charge in [0.2, 0.25) is 0 Å². The zero-order chi connectivity index (χ0) is 18.1. The molecule has 0 saturated carbocycles. The van der Waals surface area contributed by atoms with E-state index < -0.39 is 30.0 Å². The normalized spacial score (nSPS) is 11.0. The molecule has 0 unspecified atom stereocenters. The Labute approximate surface area is 235 Å². The van der Waals surface area contributed by atoms with Gasteiger partial charge in [0.25, 0.3) is 0 Å². The summed E-state index contributed by atoms with van der Waals surface area (Å²) in [6.45, 7) is 0. The molecule has 2 rings (SSSR count). The van der Waals surface area contributed by atoms with Crippen LogP contribution in [0.3, 0.4) is 0 Å². The Hall–Kier alpha value is 0.733. The van der Waals surface area contributed by atoms with Crippen LogP contribution < -0.4 is 125 Å². The monoisotopic (exact) mass is 450 g/mol. The van der Waals surface area contributed by atoms with Gasteiger partial charge in [0, 0.05) is 0 Å². The molecule has 0 aliphatic heterocycles. The minimum absolute atomic E-state index is 0. The molecule has 10 nitrogen and oxygen atoms in total. The third kappa shape index (κ3) is 7.28. The second-order valence-electron chi connectivity index (χ2n) is 4.66. The van der Waals surface area contributed by atoms with Crippen LogP contribution in [0.15, 0.2) is 46.2 Å². The number of nitrogen functional groups attached to an aromatic ring is 2. The molecular weight excluding hydrogens is 438 g/mol. The molecular formula is C12H12K2N4O6S2. The van der Waals surface area contributed by atoms with Crippen LogP contribution in [0.2, 0.25) is 0 Å². The van der Waals surface area contributed by atoms with E-state index in [1.54, 1.807) is 0 Å². The van der Waals surface area contributed by atoms with Crippen LogP contribution in [0.25, 0.3) is 0 Å². The Balaban J connectivity index is 0.00000312. The van der Waals surface area contributed by atoms with Crippen molar-refractivity contribution >= 4 is 43.0 Å². The van der Waals surface area contributed by atoms with E-state index >= 15 is 0 Å². The molecule has 0 radical (unpaired) electrons. The molecule has 6 N–H and O–H groups in total. The van der Waals surface area contributed by atoms with Crippen molar-refractivity contribution < 1.29 is 129 Å². The summed E-state index contributed by atoms with van der Waals surface area (Å²) in [6, 6.07) is 6.64. The zero-order valence-electron chi connectivity index (χ0n) is 13.9. The minimum atomic E-state index is -4.62. The quantitative estimate of drug-likeness (QED) is 0.148. The van der Waals surface area contributed by atoms with Gasteiger partial charge in [-0.25, -0.2) is 16.8 Å². The predicted molar refractivity (Wildman–Crippen MR) is 84.9 cm³/mol. The van der Waals surface area contributed by atoms with Gasteiger partial charge in [0.1, 0.15) is 20.2 Å². The number of nitrogens with one attached hydrogen (secondary N) is 2. The van der Waals surface area contributed by atoms with Gasteiger partial charge in [-0.2, -0.15) is 0 Å². The maximum Gasteiger partial charge on any atom is 1.00 e. The number of nitrogens with two attached hydrogens (primary N) is 2. The number of rotatable bonds is 5. The van der Waals surface area contributed by atoms with Crippen molar-refractivity contribution in [1.29, 1.82) is 0 Å². The summed E-state index contributed by atoms with van der Waals surface area (Å²) >= 11 is 0. The summed E-state index contributed by atoms with van der Waals surface area (Å²) in [5, 5.41) is 0. The standard InChI is InChI=1S/C12H14N4O6S2.2K/c13-9-5-7(23(17,18)19)1-3-11(9)15-16-12-4-2-8(6-10(12)14)24(20,21)22;;/h1-6,15-16H,13-14H2,(H,17,18,19)(H,20,21,22);;/q;2*+1/p-2. The van der Waals surface area contributed by atoms with Gasteiger partial charge in [0.05, 0.1) is 32.5 Å². The number of benzene rings is 2. The first-order valence-electron chi connectivity index (χ1n) is 6.21. The van der Waals surface area contributed by atoms with Gasteiger partial charge in [-0.3, -0.25) is 10.9 Å². The molecule has 14 heteroatoms. The summed E-state index contributed by atoms with van der Waals surface area (Å²) in [6.07, 6.45) is 0. The summed E-state index contributed by atoms with van der Waals surface area (Å²) < 4.78 is 65.4. The SMILES string of the molecule is Nc1cc(S(=O)(=O)[O-])ccc1NNc1ccc(S(=O)(=O)[O-])cc1N.[K+].[K+]. The molecule has 0 aromatic heterocycles. The van der Waals surface area contributed by atoms with Crippen LogP contribution in [-0.4, -0.2) is 25.9 Å². The van der Waals surface area contributed by atoms with Crippen molar-refractivity contribution in [3.8, 4) is 0 Å². The van der Waals surface area contributed by atoms with Gasteiger partial charge in [-0.15, -0.1) is 0 Å². The van der Waals surface area contributed by atoms with E-state index in [1.807, 2.05) is 0 Å². The Bertz CT molecular complexity index is 917. The molecule has 0 spiro atoms. The first kappa shape index (κ1) is 26.7. The largest absolute Gasteiger partial charge is 1.00 e. The first-order chi connectivity index (χ1) is 11.0. The van der Waals surface area contributed by atoms with Crippen LogP contribution >= 0.6 is 0 Å². The minimum Gasteiger partial charge on any atom is -0.744 e. The maximum absolute atomic E-state index is 10.9. The summed E-state index contributed by atoms with van der Waals surface area (Å²) in [5.74, 6) is 0. The van der Waals surface area contributed by atoms with Crippen LogP contribution in [0.4, 0.5) is 22.7 Å². The average Bonchev–Trinajstić information content (AvgIpc) is 2.45. The fourth-order valence-corrected chi connectivity index (χ4v) is 2.77. The Morgan fingerprint density at radius 1 is 0.692 bits per heavy atom. The Kier molecular flexibility index (Phi) is 10.8. The second kappa shape index (κ2) is 10.5. The first-order valence-corrected chi connectivity index (χ1v) is 9.03. The van der Waals surface area contributed by atoms with E-state index in [2.05, 4.69) is 10.9 Å². The Morgan fingerprint density at radius 2 is 1.00 bits per heavy atom. The van der Waals surface area contributed by atoms with Crippen LogP contribution in [0.1, 0.15) is 0 Å². The van der Waals surface area contributed by atoms with E-state index in [0.29, 0.717) is 0 Å². The topological polar surface area (TPSA) is 190 Å². The van der Waals surface area contributed by atoms with Gasteiger partial charge >= 0.3 is 103 Å². The van der Waals surface area contributed by atoms with E-state index in [1.165, 1.54) is 12.1 Å². The molecule has 0 bridgehead atoms. The molecule has 2 aromatic carbocycles. The van der Waals surface area contributed by atoms with Crippen LogP contribution in [0, 0.1) is 0 Å². The number of anilines is 4. The van der Waals surface area contributed by atoms with Crippen molar-refractivity contribution in [2.75, 3.05) is 22.3 Å². The van der Waals surface area contributed by atoms with Gasteiger partial charge in [-0.05, 0) is 36.4 Å². The number of hydrogen-bond acceptors (Lipinski definition) is 10. The molecule has 130 valence electrons. The van der Waals surface area contributed by atoms with Gasteiger partial charge < -0.3 is 20.6 Å². The molecule has 0 aliphatic carbocycles. The second-order valence-corrected chi connectivity index (χ2v) is 7.42. The van der Waals surface area contributed by atoms with E-state index in [9.17, 15) is 25.9 Å². The van der Waals surface area contributed by atoms with Gasteiger partial charge in [0.15, 0.2) is 0 Å². The van der Waals surface area contributed by atoms with Crippen molar-refractivity contribution in [2.45, 2.75) is 9.79 Å². The molecule has 26 heavy (non-hydrogen) atoms. The van der Waals surface area contributed by atoms with Crippen LogP contribution in [-0.2, 0) is 20.2 Å². The van der Waals surface area contributed by atoms with Crippen molar-refractivity contribution in [2.24, 2.45) is 0 Å². The van der Waals surface area contributed by atoms with Crippen LogP contribution in [0.5, 0.6) is 0 Å². The summed E-state index contributed by atoms with van der Waals surface area (Å²) in [4.78, 5) is -0.954. The smallest absolute Gasteiger partial charge is 0.744 e. The Morgan fingerprint density at radius 3 is 1.23 bits per heavy atom. The van der Waals surface area contributed by atoms with Crippen molar-refractivity contribution in [3.05, 3.63) is 36.4 Å². The predicted octanol–water partition coefficient (Wildman–Crippen LogP) is -5.89. The van der Waals surface area contributed by atoms with E-state index in [4.69, 9.17) is 11.5 Å². The van der Waals surface area contributed by atoms with Crippen molar-refractivity contribution in [3.63, 3.8) is 0 Å². The third-order valence-corrected chi connectivity index (χ3v) is 4.62. The van der Waals surface area contributed by atoms with Gasteiger partial charge in [-0.1, -0.05) is 0 Å². The number of hydrogen-bond donors (Lipinski definition) is 4. The van der Waals surface area contributed by atoms with E-state index in [-0.39, 0.29) is 126 Å². The molecule has 0 atom stereocenters. The fraction of sp³-hybridized carbons (Fsp3) is 0. The number of hydrazine groups is 1. The molecule has 0 saturated heterocycles. The van der Waals surface area contributed by atoms with E-state index in [0.717, 1.165) is 24.3 Å². The third-order valence-electron chi connectivity index (χ3n) is 2.96. The molecule has 2 aromatic rings. The fourth-order valence-electron chi connectivity index (χ4n) is 1.75. The summed E-state index contributed by atoms with van der Waals surface area (Å²) in [5.41, 5.74) is 17.0. The molecule has 0 aliphatic rings. The maximum atomic E-state index is 10.9. The van der Waals surface area contributed by atoms with Crippen molar-refractivity contribution in [1.82, 2.24) is 0 Å². The summed E-state index contributed by atoms with van der Waals surface area (Å²) in [7, 11) is -9.24.